The number of nitrogens with one attached hydrogen (secondary N) is 1. The maximum absolute atomic E-state index is 5.70. The van der Waals surface area contributed by atoms with Crippen molar-refractivity contribution in [3.8, 4) is 0 Å². The standard InChI is InChI=1S/C16H25NO2/c1-14-4-6-15(7-5-14)16(12-17-13-16)8-11-19-10-3-9-18-2/h4-7,17H,3,8-13H2,1-2H3. The van der Waals surface area contributed by atoms with E-state index in [0.717, 1.165) is 45.8 Å². The topological polar surface area (TPSA) is 30.5 Å². The molecule has 0 saturated carbocycles. The van der Waals surface area contributed by atoms with Gasteiger partial charge in [-0.15, -0.1) is 0 Å². The molecular weight excluding hydrogens is 238 g/mol. The summed E-state index contributed by atoms with van der Waals surface area (Å²) >= 11 is 0. The maximum Gasteiger partial charge on any atom is 0.0487 e. The van der Waals surface area contributed by atoms with E-state index >= 15 is 0 Å². The van der Waals surface area contributed by atoms with Crippen LogP contribution in [-0.2, 0) is 14.9 Å². The minimum Gasteiger partial charge on any atom is -0.385 e. The highest BCUT2D eigenvalue weighted by atomic mass is 16.5. The number of hydrogen-bond acceptors (Lipinski definition) is 3. The molecule has 106 valence electrons. The molecule has 0 spiro atoms. The van der Waals surface area contributed by atoms with E-state index in [2.05, 4.69) is 36.5 Å². The fourth-order valence-electron chi connectivity index (χ4n) is 2.53. The van der Waals surface area contributed by atoms with Crippen molar-refractivity contribution < 1.29 is 9.47 Å². The van der Waals surface area contributed by atoms with Gasteiger partial charge in [0.25, 0.3) is 0 Å². The molecule has 0 amide bonds. The molecule has 19 heavy (non-hydrogen) atoms. The second-order valence-electron chi connectivity index (χ2n) is 5.46. The van der Waals surface area contributed by atoms with Crippen LogP contribution in [0.15, 0.2) is 24.3 Å². The van der Waals surface area contributed by atoms with Gasteiger partial charge in [-0.1, -0.05) is 29.8 Å². The fraction of sp³-hybridized carbons (Fsp3) is 0.625. The van der Waals surface area contributed by atoms with Crippen molar-refractivity contribution >= 4 is 0 Å². The number of benzene rings is 1. The largest absolute Gasteiger partial charge is 0.385 e. The van der Waals surface area contributed by atoms with Gasteiger partial charge >= 0.3 is 0 Å². The van der Waals surface area contributed by atoms with E-state index in [9.17, 15) is 0 Å². The van der Waals surface area contributed by atoms with Gasteiger partial charge in [-0.2, -0.15) is 0 Å². The Morgan fingerprint density at radius 2 is 1.84 bits per heavy atom. The average molecular weight is 263 g/mol. The molecule has 0 atom stereocenters. The monoisotopic (exact) mass is 263 g/mol. The van der Waals surface area contributed by atoms with Crippen molar-refractivity contribution in [2.75, 3.05) is 40.0 Å². The molecule has 1 aromatic rings. The van der Waals surface area contributed by atoms with E-state index in [1.165, 1.54) is 11.1 Å². The highest BCUT2D eigenvalue weighted by molar-refractivity contribution is 5.32. The molecule has 1 N–H and O–H groups in total. The highest BCUT2D eigenvalue weighted by Crippen LogP contribution is 2.32. The van der Waals surface area contributed by atoms with Crippen LogP contribution < -0.4 is 5.32 Å². The third-order valence-corrected chi connectivity index (χ3v) is 3.95. The van der Waals surface area contributed by atoms with Crippen molar-refractivity contribution in [3.05, 3.63) is 35.4 Å². The summed E-state index contributed by atoms with van der Waals surface area (Å²) in [6, 6.07) is 8.94. The van der Waals surface area contributed by atoms with E-state index in [0.29, 0.717) is 0 Å². The molecule has 1 aliphatic heterocycles. The molecule has 3 heteroatoms. The van der Waals surface area contributed by atoms with Crippen LogP contribution in [0.3, 0.4) is 0 Å². The molecule has 1 heterocycles. The van der Waals surface area contributed by atoms with Gasteiger partial charge in [0.1, 0.15) is 0 Å². The Bertz CT molecular complexity index is 371. The van der Waals surface area contributed by atoms with Crippen molar-refractivity contribution in [1.29, 1.82) is 0 Å². The van der Waals surface area contributed by atoms with Crippen molar-refractivity contribution in [1.82, 2.24) is 5.32 Å². The Morgan fingerprint density at radius 3 is 2.42 bits per heavy atom. The zero-order valence-electron chi connectivity index (χ0n) is 12.1. The van der Waals surface area contributed by atoms with E-state index < -0.39 is 0 Å². The molecule has 1 saturated heterocycles. The van der Waals surface area contributed by atoms with E-state index in [4.69, 9.17) is 9.47 Å². The molecule has 0 aromatic heterocycles. The van der Waals surface area contributed by atoms with Gasteiger partial charge in [0, 0.05) is 45.4 Å². The lowest BCUT2D eigenvalue weighted by molar-refractivity contribution is 0.0805. The smallest absolute Gasteiger partial charge is 0.0487 e. The predicted octanol–water partition coefficient (Wildman–Crippen LogP) is 2.28. The van der Waals surface area contributed by atoms with Gasteiger partial charge in [-0.05, 0) is 25.3 Å². The minimum absolute atomic E-state index is 0.287. The Kier molecular flexibility index (Phi) is 5.37. The molecular formula is C16H25NO2. The first-order valence-electron chi connectivity index (χ1n) is 7.11. The molecule has 1 aliphatic rings. The summed E-state index contributed by atoms with van der Waals surface area (Å²) in [6.07, 6.45) is 2.07. The zero-order chi connectivity index (χ0) is 13.6. The van der Waals surface area contributed by atoms with Gasteiger partial charge in [-0.3, -0.25) is 0 Å². The number of ether oxygens (including phenoxy) is 2. The normalized spacial score (nSPS) is 17.2. The fourth-order valence-corrected chi connectivity index (χ4v) is 2.53. The molecule has 0 aliphatic carbocycles. The summed E-state index contributed by atoms with van der Waals surface area (Å²) in [7, 11) is 1.73. The Labute approximate surface area is 116 Å². The summed E-state index contributed by atoms with van der Waals surface area (Å²) in [5.74, 6) is 0. The molecule has 0 bridgehead atoms. The van der Waals surface area contributed by atoms with Crippen molar-refractivity contribution in [3.63, 3.8) is 0 Å². The third kappa shape index (κ3) is 3.78. The molecule has 1 fully saturated rings. The lowest BCUT2D eigenvalue weighted by Crippen LogP contribution is -2.57. The van der Waals surface area contributed by atoms with Gasteiger partial charge in [0.2, 0.25) is 0 Å². The van der Waals surface area contributed by atoms with Crippen LogP contribution in [0.1, 0.15) is 24.0 Å². The highest BCUT2D eigenvalue weighted by Gasteiger charge is 2.37. The summed E-state index contributed by atoms with van der Waals surface area (Å²) in [5, 5.41) is 3.40. The second-order valence-corrected chi connectivity index (χ2v) is 5.46. The molecule has 0 radical (unpaired) electrons. The van der Waals surface area contributed by atoms with Crippen LogP contribution in [0.4, 0.5) is 0 Å². The number of hydrogen-bond donors (Lipinski definition) is 1. The summed E-state index contributed by atoms with van der Waals surface area (Å²) in [6.45, 7) is 6.68. The maximum atomic E-state index is 5.70. The Morgan fingerprint density at radius 1 is 1.11 bits per heavy atom. The average Bonchev–Trinajstić information content (AvgIpc) is 2.38. The van der Waals surface area contributed by atoms with Crippen LogP contribution in [0.25, 0.3) is 0 Å². The number of methoxy groups -OCH3 is 1. The van der Waals surface area contributed by atoms with Gasteiger partial charge < -0.3 is 14.8 Å². The number of rotatable bonds is 8. The molecule has 3 nitrogen and oxygen atoms in total. The second kappa shape index (κ2) is 7.04. The summed E-state index contributed by atoms with van der Waals surface area (Å²) in [4.78, 5) is 0. The van der Waals surface area contributed by atoms with E-state index in [1.807, 2.05) is 0 Å². The molecule has 2 rings (SSSR count). The quantitative estimate of drug-likeness (QED) is 0.730. The lowest BCUT2D eigenvalue weighted by Gasteiger charge is -2.43. The first kappa shape index (κ1) is 14.5. The van der Waals surface area contributed by atoms with Gasteiger partial charge in [0.15, 0.2) is 0 Å². The van der Waals surface area contributed by atoms with Crippen LogP contribution in [-0.4, -0.2) is 40.0 Å². The SMILES string of the molecule is COCCCOCCC1(c2ccc(C)cc2)CNC1. The van der Waals surface area contributed by atoms with Crippen LogP contribution in [0.2, 0.25) is 0 Å². The van der Waals surface area contributed by atoms with E-state index in [-0.39, 0.29) is 5.41 Å². The molecule has 1 aromatic carbocycles. The van der Waals surface area contributed by atoms with Crippen LogP contribution >= 0.6 is 0 Å². The van der Waals surface area contributed by atoms with E-state index in [1.54, 1.807) is 7.11 Å². The minimum atomic E-state index is 0.287. The predicted molar refractivity (Wildman–Crippen MR) is 77.7 cm³/mol. The van der Waals surface area contributed by atoms with Crippen molar-refractivity contribution in [2.24, 2.45) is 0 Å². The third-order valence-electron chi connectivity index (χ3n) is 3.95. The zero-order valence-corrected chi connectivity index (χ0v) is 12.1. The summed E-state index contributed by atoms with van der Waals surface area (Å²) in [5.41, 5.74) is 3.05. The van der Waals surface area contributed by atoms with Gasteiger partial charge in [-0.25, -0.2) is 0 Å². The van der Waals surface area contributed by atoms with Crippen LogP contribution in [0.5, 0.6) is 0 Å². The van der Waals surface area contributed by atoms with Crippen LogP contribution in [0, 0.1) is 6.92 Å². The first-order valence-corrected chi connectivity index (χ1v) is 7.11. The summed E-state index contributed by atoms with van der Waals surface area (Å²) < 4.78 is 10.7. The first-order chi connectivity index (χ1) is 9.27. The molecule has 0 unspecified atom stereocenters. The van der Waals surface area contributed by atoms with Gasteiger partial charge in [0.05, 0.1) is 0 Å². The van der Waals surface area contributed by atoms with Crippen molar-refractivity contribution in [2.45, 2.75) is 25.2 Å². The number of aryl methyl sites for hydroxylation is 1. The lowest BCUT2D eigenvalue weighted by atomic mass is 9.73. The Balaban J connectivity index is 1.80. The Hall–Kier alpha value is -0.900.